The zero-order valence-electron chi connectivity index (χ0n) is 14.1. The predicted molar refractivity (Wildman–Crippen MR) is 89.0 cm³/mol. The summed E-state index contributed by atoms with van der Waals surface area (Å²) in [4.78, 5) is 24.7. The van der Waals surface area contributed by atoms with Gasteiger partial charge in [-0.05, 0) is 44.4 Å². The topological polar surface area (TPSA) is 67.4 Å². The fourth-order valence-corrected chi connectivity index (χ4v) is 2.69. The second kappa shape index (κ2) is 7.49. The van der Waals surface area contributed by atoms with E-state index in [9.17, 15) is 9.59 Å². The first-order valence-corrected chi connectivity index (χ1v) is 8.15. The largest absolute Gasteiger partial charge is 0.497 e. The lowest BCUT2D eigenvalue weighted by Crippen LogP contribution is -2.49. The van der Waals surface area contributed by atoms with Gasteiger partial charge in [0, 0.05) is 12.6 Å². The lowest BCUT2D eigenvalue weighted by atomic mass is 9.90. The zero-order valence-corrected chi connectivity index (χ0v) is 14.1. The van der Waals surface area contributed by atoms with Gasteiger partial charge in [-0.15, -0.1) is 0 Å². The first kappa shape index (κ1) is 17.3. The molecule has 1 aliphatic rings. The van der Waals surface area contributed by atoms with Crippen molar-refractivity contribution < 1.29 is 14.3 Å². The maximum Gasteiger partial charge on any atom is 0.235 e. The van der Waals surface area contributed by atoms with Crippen LogP contribution in [0.4, 0.5) is 0 Å². The average molecular weight is 318 g/mol. The summed E-state index contributed by atoms with van der Waals surface area (Å²) in [5, 5.41) is 5.84. The van der Waals surface area contributed by atoms with E-state index in [0.29, 0.717) is 6.54 Å². The van der Waals surface area contributed by atoms with Gasteiger partial charge in [-0.1, -0.05) is 25.0 Å². The van der Waals surface area contributed by atoms with Gasteiger partial charge in [0.05, 0.1) is 7.11 Å². The molecule has 1 aliphatic carbocycles. The smallest absolute Gasteiger partial charge is 0.235 e. The lowest BCUT2D eigenvalue weighted by molar-refractivity contribution is -0.141. The fourth-order valence-electron chi connectivity index (χ4n) is 2.69. The minimum Gasteiger partial charge on any atom is -0.497 e. The van der Waals surface area contributed by atoms with Crippen LogP contribution >= 0.6 is 0 Å². The molecule has 2 N–H and O–H groups in total. The summed E-state index contributed by atoms with van der Waals surface area (Å²) in [5.41, 5.74) is -0.110. The number of hydrogen-bond acceptors (Lipinski definition) is 3. The summed E-state index contributed by atoms with van der Waals surface area (Å²) in [7, 11) is 1.61. The first-order valence-electron chi connectivity index (χ1n) is 8.15. The standard InChI is InChI=1S/C18H26N2O3/c1-18(2,17(22)20-14-6-4-5-7-14)16(21)19-12-13-8-10-15(23-3)11-9-13/h8-11,14H,4-7,12H2,1-3H3,(H,19,21)(H,20,22). The quantitative estimate of drug-likeness (QED) is 0.792. The molecule has 0 atom stereocenters. The third kappa shape index (κ3) is 4.47. The molecule has 1 saturated carbocycles. The number of hydrogen-bond donors (Lipinski definition) is 2. The molecule has 1 aromatic rings. The van der Waals surface area contributed by atoms with Crippen LogP contribution < -0.4 is 15.4 Å². The number of carbonyl (C=O) groups excluding carboxylic acids is 2. The minimum atomic E-state index is -1.07. The molecule has 2 amide bonds. The first-order chi connectivity index (χ1) is 10.9. The van der Waals surface area contributed by atoms with Crippen molar-refractivity contribution in [1.82, 2.24) is 10.6 Å². The molecule has 2 rings (SSSR count). The maximum atomic E-state index is 12.4. The van der Waals surface area contributed by atoms with Crippen LogP contribution in [0.5, 0.6) is 5.75 Å². The Hall–Kier alpha value is -2.04. The van der Waals surface area contributed by atoms with Crippen molar-refractivity contribution in [2.75, 3.05) is 7.11 Å². The minimum absolute atomic E-state index is 0.198. The van der Waals surface area contributed by atoms with E-state index in [0.717, 1.165) is 37.0 Å². The van der Waals surface area contributed by atoms with Gasteiger partial charge >= 0.3 is 0 Å². The highest BCUT2D eigenvalue weighted by atomic mass is 16.5. The Morgan fingerprint density at radius 3 is 2.30 bits per heavy atom. The van der Waals surface area contributed by atoms with Crippen molar-refractivity contribution in [3.63, 3.8) is 0 Å². The summed E-state index contributed by atoms with van der Waals surface area (Å²) >= 11 is 0. The van der Waals surface area contributed by atoms with Gasteiger partial charge in [0.2, 0.25) is 11.8 Å². The molecule has 126 valence electrons. The highest BCUT2D eigenvalue weighted by Gasteiger charge is 2.37. The van der Waals surface area contributed by atoms with Gasteiger partial charge in [0.1, 0.15) is 11.2 Å². The second-order valence-electron chi connectivity index (χ2n) is 6.61. The molecule has 0 radical (unpaired) electrons. The van der Waals surface area contributed by atoms with Gasteiger partial charge < -0.3 is 15.4 Å². The molecule has 0 saturated heterocycles. The Kier molecular flexibility index (Phi) is 5.64. The molecule has 5 nitrogen and oxygen atoms in total. The molecule has 1 aromatic carbocycles. The lowest BCUT2D eigenvalue weighted by Gasteiger charge is -2.25. The molecule has 1 fully saturated rings. The van der Waals surface area contributed by atoms with Crippen LogP contribution in [0.15, 0.2) is 24.3 Å². The predicted octanol–water partition coefficient (Wildman–Crippen LogP) is 2.40. The average Bonchev–Trinajstić information content (AvgIpc) is 3.05. The Morgan fingerprint density at radius 2 is 1.74 bits per heavy atom. The number of nitrogens with one attached hydrogen (secondary N) is 2. The molecular formula is C18H26N2O3. The van der Waals surface area contributed by atoms with E-state index in [1.165, 1.54) is 0 Å². The molecule has 0 spiro atoms. The summed E-state index contributed by atoms with van der Waals surface area (Å²) < 4.78 is 5.10. The van der Waals surface area contributed by atoms with E-state index in [4.69, 9.17) is 4.74 Å². The summed E-state index contributed by atoms with van der Waals surface area (Å²) in [6.07, 6.45) is 4.31. The fraction of sp³-hybridized carbons (Fsp3) is 0.556. The number of amides is 2. The summed E-state index contributed by atoms with van der Waals surface area (Å²) in [5.74, 6) is 0.316. The third-order valence-electron chi connectivity index (χ3n) is 4.44. The van der Waals surface area contributed by atoms with Crippen LogP contribution in [0, 0.1) is 5.41 Å². The van der Waals surface area contributed by atoms with Crippen molar-refractivity contribution >= 4 is 11.8 Å². The monoisotopic (exact) mass is 318 g/mol. The van der Waals surface area contributed by atoms with Gasteiger partial charge in [-0.2, -0.15) is 0 Å². The Bertz CT molecular complexity index is 546. The molecule has 0 aromatic heterocycles. The molecule has 5 heteroatoms. The van der Waals surface area contributed by atoms with Crippen LogP contribution in [0.3, 0.4) is 0 Å². The molecule has 0 aliphatic heterocycles. The van der Waals surface area contributed by atoms with Gasteiger partial charge in [0.15, 0.2) is 0 Å². The van der Waals surface area contributed by atoms with E-state index in [1.54, 1.807) is 21.0 Å². The van der Waals surface area contributed by atoms with Crippen LogP contribution in [0.2, 0.25) is 0 Å². The van der Waals surface area contributed by atoms with E-state index >= 15 is 0 Å². The van der Waals surface area contributed by atoms with Crippen LogP contribution in [-0.4, -0.2) is 25.0 Å². The molecular weight excluding hydrogens is 292 g/mol. The number of carbonyl (C=O) groups is 2. The Morgan fingerprint density at radius 1 is 1.13 bits per heavy atom. The molecule has 0 heterocycles. The van der Waals surface area contributed by atoms with Crippen molar-refractivity contribution in [1.29, 1.82) is 0 Å². The number of benzene rings is 1. The highest BCUT2D eigenvalue weighted by Crippen LogP contribution is 2.21. The molecule has 0 unspecified atom stereocenters. The SMILES string of the molecule is COc1ccc(CNC(=O)C(C)(C)C(=O)NC2CCCC2)cc1. The summed E-state index contributed by atoms with van der Waals surface area (Å²) in [6, 6.07) is 7.70. The van der Waals surface area contributed by atoms with Crippen LogP contribution in [0.25, 0.3) is 0 Å². The second-order valence-corrected chi connectivity index (χ2v) is 6.61. The van der Waals surface area contributed by atoms with Gasteiger partial charge in [-0.25, -0.2) is 0 Å². The molecule has 23 heavy (non-hydrogen) atoms. The third-order valence-corrected chi connectivity index (χ3v) is 4.44. The van der Waals surface area contributed by atoms with Crippen molar-refractivity contribution in [3.8, 4) is 5.75 Å². The van der Waals surface area contributed by atoms with Crippen molar-refractivity contribution in [2.24, 2.45) is 5.41 Å². The highest BCUT2D eigenvalue weighted by molar-refractivity contribution is 6.04. The van der Waals surface area contributed by atoms with E-state index in [2.05, 4.69) is 10.6 Å². The van der Waals surface area contributed by atoms with E-state index in [-0.39, 0.29) is 17.9 Å². The molecule has 0 bridgehead atoms. The van der Waals surface area contributed by atoms with Crippen molar-refractivity contribution in [2.45, 2.75) is 52.1 Å². The normalized spacial score (nSPS) is 15.3. The van der Waals surface area contributed by atoms with Gasteiger partial charge in [0.25, 0.3) is 0 Å². The van der Waals surface area contributed by atoms with Gasteiger partial charge in [-0.3, -0.25) is 9.59 Å². The van der Waals surface area contributed by atoms with E-state index in [1.807, 2.05) is 24.3 Å². The number of methoxy groups -OCH3 is 1. The Balaban J connectivity index is 1.87. The number of rotatable bonds is 6. The van der Waals surface area contributed by atoms with Crippen LogP contribution in [0.1, 0.15) is 45.1 Å². The zero-order chi connectivity index (χ0) is 16.9. The van der Waals surface area contributed by atoms with Crippen LogP contribution in [-0.2, 0) is 16.1 Å². The Labute approximate surface area is 137 Å². The van der Waals surface area contributed by atoms with Crippen molar-refractivity contribution in [3.05, 3.63) is 29.8 Å². The van der Waals surface area contributed by atoms with E-state index < -0.39 is 5.41 Å². The number of ether oxygens (including phenoxy) is 1. The maximum absolute atomic E-state index is 12.4. The summed E-state index contributed by atoms with van der Waals surface area (Å²) in [6.45, 7) is 3.73.